The Morgan fingerprint density at radius 2 is 1.84 bits per heavy atom. The number of benzene rings is 3. The number of aromatic nitrogens is 1. The number of likely N-dealkylation sites (N-methyl/N-ethyl adjacent to an activating group) is 1. The van der Waals surface area contributed by atoms with Gasteiger partial charge in [-0.05, 0) is 59.5 Å². The van der Waals surface area contributed by atoms with Crippen molar-refractivity contribution >= 4 is 21.7 Å². The molecule has 4 aromatic rings. The summed E-state index contributed by atoms with van der Waals surface area (Å²) < 4.78 is 11.9. The standard InChI is InChI=1S/C28H30N2O2/c1-4-17-32-28-22(11-8-12-25(28)31-3)27-23-18-30(5-2)16-15-21(23)26-20-10-7-6-9-19(20)13-14-24(26)29-27/h6-14H,4-5,15-18H2,1-3H3. The van der Waals surface area contributed by atoms with Crippen molar-refractivity contribution in [3.05, 3.63) is 65.7 Å². The SMILES string of the molecule is CCCOc1c(OC)cccc1-c1nc2ccc3ccccc3c2c2c1CN(CC)CC2. The first kappa shape index (κ1) is 20.8. The summed E-state index contributed by atoms with van der Waals surface area (Å²) in [6.07, 6.45) is 1.97. The van der Waals surface area contributed by atoms with Crippen LogP contribution in [0.2, 0.25) is 0 Å². The molecule has 0 aliphatic carbocycles. The number of hydrogen-bond donors (Lipinski definition) is 0. The zero-order valence-electron chi connectivity index (χ0n) is 19.1. The van der Waals surface area contributed by atoms with Gasteiger partial charge in [0.1, 0.15) is 0 Å². The minimum absolute atomic E-state index is 0.648. The lowest BCUT2D eigenvalue weighted by Crippen LogP contribution is -2.31. The van der Waals surface area contributed by atoms with Crippen LogP contribution in [-0.4, -0.2) is 36.7 Å². The predicted molar refractivity (Wildman–Crippen MR) is 132 cm³/mol. The number of methoxy groups -OCH3 is 1. The molecule has 1 aromatic heterocycles. The van der Waals surface area contributed by atoms with Crippen LogP contribution < -0.4 is 9.47 Å². The summed E-state index contributed by atoms with van der Waals surface area (Å²) in [5.74, 6) is 1.55. The van der Waals surface area contributed by atoms with E-state index in [0.717, 1.165) is 60.7 Å². The van der Waals surface area contributed by atoms with Crippen LogP contribution in [0.25, 0.3) is 32.9 Å². The molecule has 2 heterocycles. The van der Waals surface area contributed by atoms with E-state index < -0.39 is 0 Å². The summed E-state index contributed by atoms with van der Waals surface area (Å²) in [5.41, 5.74) is 5.83. The summed E-state index contributed by atoms with van der Waals surface area (Å²) in [4.78, 5) is 7.76. The molecular formula is C28H30N2O2. The molecule has 0 amide bonds. The highest BCUT2D eigenvalue weighted by molar-refractivity contribution is 6.09. The Morgan fingerprint density at radius 3 is 2.66 bits per heavy atom. The largest absolute Gasteiger partial charge is 0.493 e. The minimum Gasteiger partial charge on any atom is -0.493 e. The maximum atomic E-state index is 6.21. The zero-order chi connectivity index (χ0) is 22.1. The molecule has 0 unspecified atom stereocenters. The second-order valence-corrected chi connectivity index (χ2v) is 8.40. The zero-order valence-corrected chi connectivity index (χ0v) is 19.1. The first-order valence-electron chi connectivity index (χ1n) is 11.6. The molecule has 4 nitrogen and oxygen atoms in total. The lowest BCUT2D eigenvalue weighted by atomic mass is 9.89. The maximum absolute atomic E-state index is 6.21. The number of ether oxygens (including phenoxy) is 2. The van der Waals surface area contributed by atoms with E-state index in [-0.39, 0.29) is 0 Å². The molecular weight excluding hydrogens is 396 g/mol. The minimum atomic E-state index is 0.648. The van der Waals surface area contributed by atoms with Crippen molar-refractivity contribution in [2.24, 2.45) is 0 Å². The molecule has 0 fully saturated rings. The van der Waals surface area contributed by atoms with Gasteiger partial charge >= 0.3 is 0 Å². The van der Waals surface area contributed by atoms with Gasteiger partial charge in [0.05, 0.1) is 24.9 Å². The van der Waals surface area contributed by atoms with E-state index in [0.29, 0.717) is 6.61 Å². The number of para-hydroxylation sites is 1. The van der Waals surface area contributed by atoms with Gasteiger partial charge in [-0.3, -0.25) is 4.90 Å². The van der Waals surface area contributed by atoms with E-state index in [1.165, 1.54) is 27.3 Å². The summed E-state index contributed by atoms with van der Waals surface area (Å²) >= 11 is 0. The van der Waals surface area contributed by atoms with Crippen LogP contribution >= 0.6 is 0 Å². The average Bonchev–Trinajstić information content (AvgIpc) is 2.86. The number of fused-ring (bicyclic) bond motifs is 5. The Morgan fingerprint density at radius 1 is 0.969 bits per heavy atom. The van der Waals surface area contributed by atoms with E-state index >= 15 is 0 Å². The molecule has 1 aliphatic heterocycles. The Bertz CT molecular complexity index is 1280. The predicted octanol–water partition coefficient (Wildman–Crippen LogP) is 6.23. The molecule has 164 valence electrons. The van der Waals surface area contributed by atoms with Gasteiger partial charge in [0.2, 0.25) is 0 Å². The van der Waals surface area contributed by atoms with Crippen LogP contribution in [0.1, 0.15) is 31.4 Å². The molecule has 0 saturated heterocycles. The third kappa shape index (κ3) is 3.49. The number of pyridine rings is 1. The van der Waals surface area contributed by atoms with Crippen LogP contribution in [0.4, 0.5) is 0 Å². The van der Waals surface area contributed by atoms with Gasteiger partial charge in [-0.2, -0.15) is 0 Å². The number of hydrogen-bond acceptors (Lipinski definition) is 4. The lowest BCUT2D eigenvalue weighted by molar-refractivity contribution is 0.269. The molecule has 0 N–H and O–H groups in total. The molecule has 0 spiro atoms. The summed E-state index contributed by atoms with van der Waals surface area (Å²) in [6.45, 7) is 8.00. The van der Waals surface area contributed by atoms with Gasteiger partial charge in [-0.25, -0.2) is 4.98 Å². The van der Waals surface area contributed by atoms with Crippen molar-refractivity contribution in [1.82, 2.24) is 9.88 Å². The van der Waals surface area contributed by atoms with Gasteiger partial charge in [-0.1, -0.05) is 50.2 Å². The fourth-order valence-electron chi connectivity index (χ4n) is 4.88. The Labute approximate surface area is 189 Å². The normalized spacial score (nSPS) is 14.0. The third-order valence-electron chi connectivity index (χ3n) is 6.50. The smallest absolute Gasteiger partial charge is 0.170 e. The highest BCUT2D eigenvalue weighted by atomic mass is 16.5. The highest BCUT2D eigenvalue weighted by Crippen LogP contribution is 2.43. The Balaban J connectivity index is 1.82. The van der Waals surface area contributed by atoms with Crippen LogP contribution in [0.3, 0.4) is 0 Å². The molecule has 32 heavy (non-hydrogen) atoms. The number of rotatable bonds is 6. The third-order valence-corrected chi connectivity index (χ3v) is 6.50. The Kier molecular flexibility index (Phi) is 5.71. The van der Waals surface area contributed by atoms with E-state index in [2.05, 4.69) is 61.2 Å². The summed E-state index contributed by atoms with van der Waals surface area (Å²) in [5, 5.41) is 3.86. The van der Waals surface area contributed by atoms with Gasteiger partial charge < -0.3 is 9.47 Å². The second-order valence-electron chi connectivity index (χ2n) is 8.40. The van der Waals surface area contributed by atoms with E-state index in [1.54, 1.807) is 7.11 Å². The van der Waals surface area contributed by atoms with Crippen molar-refractivity contribution in [1.29, 1.82) is 0 Å². The first-order chi connectivity index (χ1) is 15.7. The van der Waals surface area contributed by atoms with Crippen molar-refractivity contribution in [2.75, 3.05) is 26.8 Å². The molecule has 3 aromatic carbocycles. The fraction of sp³-hybridized carbons (Fsp3) is 0.321. The molecule has 1 aliphatic rings. The molecule has 0 bridgehead atoms. The summed E-state index contributed by atoms with van der Waals surface area (Å²) in [7, 11) is 1.70. The lowest BCUT2D eigenvalue weighted by Gasteiger charge is -2.30. The van der Waals surface area contributed by atoms with E-state index in [1.807, 2.05) is 12.1 Å². The summed E-state index contributed by atoms with van der Waals surface area (Å²) in [6, 6.07) is 19.1. The molecule has 5 rings (SSSR count). The van der Waals surface area contributed by atoms with Crippen molar-refractivity contribution in [2.45, 2.75) is 33.2 Å². The van der Waals surface area contributed by atoms with Gasteiger partial charge in [0.25, 0.3) is 0 Å². The van der Waals surface area contributed by atoms with Gasteiger partial charge in [0.15, 0.2) is 11.5 Å². The van der Waals surface area contributed by atoms with Crippen molar-refractivity contribution in [3.8, 4) is 22.8 Å². The quantitative estimate of drug-likeness (QED) is 0.342. The van der Waals surface area contributed by atoms with E-state index in [9.17, 15) is 0 Å². The van der Waals surface area contributed by atoms with Crippen molar-refractivity contribution < 1.29 is 9.47 Å². The first-order valence-corrected chi connectivity index (χ1v) is 11.6. The second kappa shape index (κ2) is 8.79. The molecule has 4 heteroatoms. The molecule has 0 radical (unpaired) electrons. The topological polar surface area (TPSA) is 34.6 Å². The molecule has 0 atom stereocenters. The van der Waals surface area contributed by atoms with Crippen molar-refractivity contribution in [3.63, 3.8) is 0 Å². The van der Waals surface area contributed by atoms with Crippen LogP contribution in [0, 0.1) is 0 Å². The van der Waals surface area contributed by atoms with Gasteiger partial charge in [0, 0.05) is 24.0 Å². The van der Waals surface area contributed by atoms with Gasteiger partial charge in [-0.15, -0.1) is 0 Å². The van der Waals surface area contributed by atoms with Crippen LogP contribution in [-0.2, 0) is 13.0 Å². The number of nitrogens with zero attached hydrogens (tertiary/aromatic N) is 2. The average molecular weight is 427 g/mol. The molecule has 0 saturated carbocycles. The maximum Gasteiger partial charge on any atom is 0.170 e. The highest BCUT2D eigenvalue weighted by Gasteiger charge is 2.26. The Hall–Kier alpha value is -3.11. The monoisotopic (exact) mass is 426 g/mol. The fourth-order valence-corrected chi connectivity index (χ4v) is 4.88. The van der Waals surface area contributed by atoms with Crippen LogP contribution in [0.5, 0.6) is 11.5 Å². The van der Waals surface area contributed by atoms with E-state index in [4.69, 9.17) is 14.5 Å². The van der Waals surface area contributed by atoms with Crippen LogP contribution in [0.15, 0.2) is 54.6 Å².